The predicted octanol–water partition coefficient (Wildman–Crippen LogP) is 5.64. The van der Waals surface area contributed by atoms with E-state index in [-0.39, 0.29) is 0 Å². The summed E-state index contributed by atoms with van der Waals surface area (Å²) in [5.74, 6) is 0. The third kappa shape index (κ3) is 6.23. The number of allylic oxidation sites excluding steroid dienone is 3. The summed E-state index contributed by atoms with van der Waals surface area (Å²) >= 11 is 0. The lowest BCUT2D eigenvalue weighted by Gasteiger charge is -2.01. The summed E-state index contributed by atoms with van der Waals surface area (Å²) in [6.07, 6.45) is 3.95. The zero-order valence-electron chi connectivity index (χ0n) is 11.7. The van der Waals surface area contributed by atoms with E-state index in [0.29, 0.717) is 0 Å². The average molecular weight is 218 g/mol. The van der Waals surface area contributed by atoms with E-state index >= 15 is 0 Å². The van der Waals surface area contributed by atoms with Gasteiger partial charge in [0, 0.05) is 0 Å². The molecule has 0 aliphatic heterocycles. The van der Waals surface area contributed by atoms with E-state index in [1.54, 1.807) is 0 Å². The molecule has 0 N–H and O–H groups in total. The lowest BCUT2D eigenvalue weighted by Crippen LogP contribution is -1.80. The topological polar surface area (TPSA) is 0 Å². The van der Waals surface area contributed by atoms with Gasteiger partial charge in [0.05, 0.1) is 0 Å². The Bertz CT molecular complexity index is 306. The molecule has 0 spiro atoms. The lowest BCUT2D eigenvalue weighted by molar-refractivity contribution is 1.45. The monoisotopic (exact) mass is 218 g/mol. The molecule has 0 radical (unpaired) electrons. The van der Waals surface area contributed by atoms with Crippen molar-refractivity contribution in [2.24, 2.45) is 0 Å². The summed E-state index contributed by atoms with van der Waals surface area (Å²) in [7, 11) is 0. The SMILES string of the molecule is C=C/C(=C\C)c1cccc(C)c1.CC.CC. The molecule has 1 rings (SSSR count). The van der Waals surface area contributed by atoms with E-state index in [4.69, 9.17) is 0 Å². The molecular formula is C16H26. The lowest BCUT2D eigenvalue weighted by atomic mass is 10.0. The zero-order valence-corrected chi connectivity index (χ0v) is 11.7. The summed E-state index contributed by atoms with van der Waals surface area (Å²) in [5.41, 5.74) is 3.72. The second-order valence-electron chi connectivity index (χ2n) is 2.82. The van der Waals surface area contributed by atoms with Crippen molar-refractivity contribution in [1.82, 2.24) is 0 Å². The molecule has 1 aromatic rings. The van der Waals surface area contributed by atoms with E-state index in [0.717, 1.165) is 0 Å². The standard InChI is InChI=1S/C12H14.2C2H6/c1-4-11(5-2)12-8-6-7-10(3)9-12;2*1-2/h4-9H,1H2,2-3H3;2*1-2H3/b11-5+;;. The van der Waals surface area contributed by atoms with Gasteiger partial charge in [-0.05, 0) is 25.0 Å². The molecule has 0 aliphatic rings. The average Bonchev–Trinajstić information content (AvgIpc) is 2.36. The summed E-state index contributed by atoms with van der Waals surface area (Å²) in [5, 5.41) is 0. The third-order valence-corrected chi connectivity index (χ3v) is 1.88. The Labute approximate surface area is 102 Å². The van der Waals surface area contributed by atoms with Crippen molar-refractivity contribution in [2.75, 3.05) is 0 Å². The van der Waals surface area contributed by atoms with Gasteiger partial charge in [0.25, 0.3) is 0 Å². The van der Waals surface area contributed by atoms with Crippen LogP contribution in [-0.2, 0) is 0 Å². The Hall–Kier alpha value is -1.30. The van der Waals surface area contributed by atoms with Crippen LogP contribution in [-0.4, -0.2) is 0 Å². The van der Waals surface area contributed by atoms with Gasteiger partial charge in [0.15, 0.2) is 0 Å². The van der Waals surface area contributed by atoms with Gasteiger partial charge >= 0.3 is 0 Å². The first-order chi connectivity index (χ1) is 7.77. The largest absolute Gasteiger partial charge is 0.0985 e. The van der Waals surface area contributed by atoms with Gasteiger partial charge in [-0.1, -0.05) is 76.3 Å². The van der Waals surface area contributed by atoms with Gasteiger partial charge < -0.3 is 0 Å². The van der Waals surface area contributed by atoms with E-state index in [1.165, 1.54) is 16.7 Å². The van der Waals surface area contributed by atoms with E-state index in [2.05, 4.69) is 43.8 Å². The minimum atomic E-state index is 1.19. The van der Waals surface area contributed by atoms with Crippen molar-refractivity contribution in [3.05, 3.63) is 54.1 Å². The van der Waals surface area contributed by atoms with Crippen molar-refractivity contribution in [2.45, 2.75) is 41.5 Å². The van der Waals surface area contributed by atoms with Gasteiger partial charge in [0.2, 0.25) is 0 Å². The first kappa shape index (κ1) is 17.1. The Balaban J connectivity index is 0. The summed E-state index contributed by atoms with van der Waals surface area (Å²) in [4.78, 5) is 0. The van der Waals surface area contributed by atoms with Gasteiger partial charge in [-0.2, -0.15) is 0 Å². The molecule has 0 heterocycles. The second kappa shape index (κ2) is 11.8. The summed E-state index contributed by atoms with van der Waals surface area (Å²) in [6.45, 7) is 15.9. The highest BCUT2D eigenvalue weighted by atomic mass is 14.0. The Morgan fingerprint density at radius 1 is 1.12 bits per heavy atom. The normalized spacial score (nSPS) is 9.25. The van der Waals surface area contributed by atoms with Crippen molar-refractivity contribution >= 4 is 5.57 Å². The van der Waals surface area contributed by atoms with Crippen molar-refractivity contribution in [3.8, 4) is 0 Å². The van der Waals surface area contributed by atoms with Crippen LogP contribution in [0.3, 0.4) is 0 Å². The number of aryl methyl sites for hydroxylation is 1. The number of hydrogen-bond donors (Lipinski definition) is 0. The fourth-order valence-electron chi connectivity index (χ4n) is 1.23. The van der Waals surface area contributed by atoms with Crippen LogP contribution in [0.15, 0.2) is 43.0 Å². The van der Waals surface area contributed by atoms with Gasteiger partial charge in [0.1, 0.15) is 0 Å². The van der Waals surface area contributed by atoms with Crippen LogP contribution in [0, 0.1) is 6.92 Å². The van der Waals surface area contributed by atoms with Crippen LogP contribution < -0.4 is 0 Å². The van der Waals surface area contributed by atoms with Gasteiger partial charge in [-0.25, -0.2) is 0 Å². The molecule has 0 aromatic heterocycles. The predicted molar refractivity (Wildman–Crippen MR) is 77.7 cm³/mol. The van der Waals surface area contributed by atoms with Gasteiger partial charge in [-0.15, -0.1) is 0 Å². The highest BCUT2D eigenvalue weighted by Gasteiger charge is 1.94. The molecule has 0 fully saturated rings. The van der Waals surface area contributed by atoms with Crippen LogP contribution in [0.25, 0.3) is 5.57 Å². The molecule has 0 saturated heterocycles. The maximum absolute atomic E-state index is 3.77. The smallest absolute Gasteiger partial charge is 0.0185 e. The van der Waals surface area contributed by atoms with E-state index in [9.17, 15) is 0 Å². The van der Waals surface area contributed by atoms with Crippen LogP contribution in [0.1, 0.15) is 45.7 Å². The Morgan fingerprint density at radius 2 is 1.69 bits per heavy atom. The summed E-state index contributed by atoms with van der Waals surface area (Å²) in [6, 6.07) is 8.43. The quantitative estimate of drug-likeness (QED) is 0.564. The molecule has 0 atom stereocenters. The first-order valence-electron chi connectivity index (χ1n) is 6.13. The highest BCUT2D eigenvalue weighted by molar-refractivity contribution is 5.73. The molecular weight excluding hydrogens is 192 g/mol. The van der Waals surface area contributed by atoms with Crippen molar-refractivity contribution in [3.63, 3.8) is 0 Å². The van der Waals surface area contributed by atoms with Gasteiger partial charge in [-0.3, -0.25) is 0 Å². The number of hydrogen-bond acceptors (Lipinski definition) is 0. The summed E-state index contributed by atoms with van der Waals surface area (Å²) < 4.78 is 0. The highest BCUT2D eigenvalue weighted by Crippen LogP contribution is 2.15. The molecule has 16 heavy (non-hydrogen) atoms. The minimum Gasteiger partial charge on any atom is -0.0985 e. The van der Waals surface area contributed by atoms with Crippen LogP contribution >= 0.6 is 0 Å². The third-order valence-electron chi connectivity index (χ3n) is 1.88. The molecule has 0 heteroatoms. The molecule has 0 aliphatic carbocycles. The molecule has 0 saturated carbocycles. The van der Waals surface area contributed by atoms with Crippen LogP contribution in [0.5, 0.6) is 0 Å². The maximum Gasteiger partial charge on any atom is -0.0185 e. The van der Waals surface area contributed by atoms with E-state index in [1.807, 2.05) is 40.7 Å². The zero-order chi connectivity index (χ0) is 13.0. The molecule has 0 nitrogen and oxygen atoms in total. The molecule has 1 aromatic carbocycles. The fraction of sp³-hybridized carbons (Fsp3) is 0.375. The first-order valence-corrected chi connectivity index (χ1v) is 6.13. The van der Waals surface area contributed by atoms with Crippen molar-refractivity contribution in [1.29, 1.82) is 0 Å². The van der Waals surface area contributed by atoms with Crippen molar-refractivity contribution < 1.29 is 0 Å². The fourth-order valence-corrected chi connectivity index (χ4v) is 1.23. The minimum absolute atomic E-state index is 1.19. The molecule has 0 amide bonds. The molecule has 0 unspecified atom stereocenters. The van der Waals surface area contributed by atoms with Crippen LogP contribution in [0.2, 0.25) is 0 Å². The number of rotatable bonds is 2. The second-order valence-corrected chi connectivity index (χ2v) is 2.82. The Kier molecular flexibility index (Phi) is 12.6. The number of benzene rings is 1. The Morgan fingerprint density at radius 3 is 2.06 bits per heavy atom. The molecule has 90 valence electrons. The maximum atomic E-state index is 3.77. The van der Waals surface area contributed by atoms with E-state index < -0.39 is 0 Å². The van der Waals surface area contributed by atoms with Crippen LogP contribution in [0.4, 0.5) is 0 Å². The molecule has 0 bridgehead atoms.